The van der Waals surface area contributed by atoms with Gasteiger partial charge in [0.05, 0.1) is 49.3 Å². The molecule has 0 saturated heterocycles. The van der Waals surface area contributed by atoms with Gasteiger partial charge in [0.25, 0.3) is 0 Å². The predicted molar refractivity (Wildman–Crippen MR) is 173 cm³/mol. The molecule has 17 heteroatoms. The lowest BCUT2D eigenvalue weighted by atomic mass is 9.90. The van der Waals surface area contributed by atoms with Crippen molar-refractivity contribution < 1.29 is 85.7 Å². The van der Waals surface area contributed by atoms with Crippen LogP contribution in [0.2, 0.25) is 0 Å². The SMILES string of the molecule is CCC(C)C(O)C(O)C(O)C(O)OC(C(C)CC)C(O)C(O)C(O)OC(C(O)CC)C(O)C(O)C(C)OC(C(O)CO)C(C)C(O)C(C)O. The van der Waals surface area contributed by atoms with E-state index in [0.29, 0.717) is 12.8 Å². The molecule has 0 aromatic rings. The second-order valence-electron chi connectivity index (χ2n) is 13.3. The van der Waals surface area contributed by atoms with E-state index in [9.17, 15) is 71.5 Å². The van der Waals surface area contributed by atoms with E-state index in [0.717, 1.165) is 0 Å². The maximum Gasteiger partial charge on any atom is 0.184 e. The third kappa shape index (κ3) is 14.0. The molecule has 14 N–H and O–H groups in total. The smallest absolute Gasteiger partial charge is 0.184 e. The molecule has 0 saturated carbocycles. The minimum atomic E-state index is -2.35. The summed E-state index contributed by atoms with van der Waals surface area (Å²) in [7, 11) is 0. The molecule has 296 valence electrons. The lowest BCUT2D eigenvalue weighted by molar-refractivity contribution is -0.282. The first kappa shape index (κ1) is 48.3. The molecule has 49 heavy (non-hydrogen) atoms. The highest BCUT2D eigenvalue weighted by Gasteiger charge is 2.44. The quantitative estimate of drug-likeness (QED) is 0.0382. The van der Waals surface area contributed by atoms with Crippen LogP contribution in [-0.2, 0) is 14.2 Å². The first-order valence-electron chi connectivity index (χ1n) is 17.1. The van der Waals surface area contributed by atoms with Crippen LogP contribution in [0.4, 0.5) is 0 Å². The molecule has 0 bridgehead atoms. The molecule has 17 nitrogen and oxygen atoms in total. The standard InChI is InChI=1S/C32H66O17/c1-9-13(4)20(37)23(40)26(43)31(45)48-28(14(5)10-2)25(42)27(44)32(46)49-30(18(35)11-3)24(41)22(39)17(8)47-29(19(36)12-33)15(6)21(38)16(7)34/h13-46H,9-12H2,1-8H3. The van der Waals surface area contributed by atoms with Gasteiger partial charge in [-0.05, 0) is 32.1 Å². The highest BCUT2D eigenvalue weighted by Crippen LogP contribution is 2.26. The number of ether oxygens (including phenoxy) is 3. The molecule has 0 aromatic carbocycles. The Morgan fingerprint density at radius 1 is 0.408 bits per heavy atom. The van der Waals surface area contributed by atoms with Crippen LogP contribution in [-0.4, -0.2) is 182 Å². The Bertz CT molecular complexity index is 856. The topological polar surface area (TPSA) is 311 Å². The number of aliphatic hydroxyl groups is 14. The number of hydrogen-bond donors (Lipinski definition) is 14. The van der Waals surface area contributed by atoms with Crippen molar-refractivity contribution in [2.24, 2.45) is 17.8 Å². The zero-order chi connectivity index (χ0) is 38.5. The molecule has 0 amide bonds. The van der Waals surface area contributed by atoms with Crippen molar-refractivity contribution in [1.82, 2.24) is 0 Å². The summed E-state index contributed by atoms with van der Waals surface area (Å²) in [6, 6.07) is 0. The molecular weight excluding hydrogens is 656 g/mol. The van der Waals surface area contributed by atoms with Crippen LogP contribution in [0.15, 0.2) is 0 Å². The maximum atomic E-state index is 11.0. The normalized spacial score (nSPS) is 25.1. The van der Waals surface area contributed by atoms with E-state index < -0.39 is 129 Å². The Kier molecular flexibility index (Phi) is 22.8. The van der Waals surface area contributed by atoms with Crippen LogP contribution in [0.3, 0.4) is 0 Å². The van der Waals surface area contributed by atoms with Gasteiger partial charge in [-0.3, -0.25) is 0 Å². The Balaban J connectivity index is 5.99. The van der Waals surface area contributed by atoms with Crippen molar-refractivity contribution in [3.8, 4) is 0 Å². The fourth-order valence-electron chi connectivity index (χ4n) is 5.31. The lowest BCUT2D eigenvalue weighted by Gasteiger charge is -2.39. The van der Waals surface area contributed by atoms with Crippen LogP contribution < -0.4 is 0 Å². The van der Waals surface area contributed by atoms with E-state index in [4.69, 9.17) is 14.2 Å². The van der Waals surface area contributed by atoms with E-state index in [1.165, 1.54) is 27.7 Å². The number of rotatable bonds is 26. The van der Waals surface area contributed by atoms with Gasteiger partial charge in [-0.2, -0.15) is 0 Å². The van der Waals surface area contributed by atoms with Gasteiger partial charge in [0.1, 0.15) is 48.8 Å². The molecule has 0 aliphatic heterocycles. The summed E-state index contributed by atoms with van der Waals surface area (Å²) in [6.45, 7) is 11.3. The van der Waals surface area contributed by atoms with Crippen LogP contribution in [0.25, 0.3) is 0 Å². The van der Waals surface area contributed by atoms with Gasteiger partial charge >= 0.3 is 0 Å². The molecule has 0 aromatic heterocycles. The van der Waals surface area contributed by atoms with Gasteiger partial charge in [0.2, 0.25) is 0 Å². The lowest BCUT2D eigenvalue weighted by Crippen LogP contribution is -2.56. The number of aliphatic hydroxyl groups excluding tert-OH is 14. The average Bonchev–Trinajstić information content (AvgIpc) is 3.09. The third-order valence-corrected chi connectivity index (χ3v) is 9.45. The van der Waals surface area contributed by atoms with Gasteiger partial charge in [0, 0.05) is 5.92 Å². The summed E-state index contributed by atoms with van der Waals surface area (Å²) < 4.78 is 16.5. The Morgan fingerprint density at radius 3 is 1.29 bits per heavy atom. The number of hydrogen-bond acceptors (Lipinski definition) is 17. The highest BCUT2D eigenvalue weighted by molar-refractivity contribution is 4.90. The summed E-state index contributed by atoms with van der Waals surface area (Å²) in [5.74, 6) is -2.07. The van der Waals surface area contributed by atoms with Crippen molar-refractivity contribution in [3.05, 3.63) is 0 Å². The van der Waals surface area contributed by atoms with Gasteiger partial charge < -0.3 is 85.7 Å². The van der Waals surface area contributed by atoms with E-state index in [2.05, 4.69) is 0 Å². The molecule has 0 spiro atoms. The van der Waals surface area contributed by atoms with Gasteiger partial charge in [0.15, 0.2) is 12.6 Å². The highest BCUT2D eigenvalue weighted by atomic mass is 16.6. The van der Waals surface area contributed by atoms with Crippen molar-refractivity contribution in [1.29, 1.82) is 0 Å². The van der Waals surface area contributed by atoms with Crippen LogP contribution in [0, 0.1) is 17.8 Å². The molecule has 0 radical (unpaired) electrons. The molecule has 20 unspecified atom stereocenters. The van der Waals surface area contributed by atoms with Crippen LogP contribution >= 0.6 is 0 Å². The first-order chi connectivity index (χ1) is 22.6. The molecular formula is C32H66O17. The second kappa shape index (κ2) is 23.1. The monoisotopic (exact) mass is 722 g/mol. The van der Waals surface area contributed by atoms with Crippen molar-refractivity contribution in [3.63, 3.8) is 0 Å². The predicted octanol–water partition coefficient (Wildman–Crippen LogP) is -3.71. The summed E-state index contributed by atoms with van der Waals surface area (Å²) >= 11 is 0. The van der Waals surface area contributed by atoms with Crippen molar-refractivity contribution >= 4 is 0 Å². The zero-order valence-corrected chi connectivity index (χ0v) is 29.9. The first-order valence-corrected chi connectivity index (χ1v) is 17.1. The van der Waals surface area contributed by atoms with Gasteiger partial charge in [-0.1, -0.05) is 54.4 Å². The molecule has 0 aliphatic carbocycles. The minimum absolute atomic E-state index is 0.0912. The van der Waals surface area contributed by atoms with Crippen molar-refractivity contribution in [2.75, 3.05) is 6.61 Å². The van der Waals surface area contributed by atoms with Crippen molar-refractivity contribution in [2.45, 2.75) is 179 Å². The maximum absolute atomic E-state index is 11.0. The summed E-state index contributed by atoms with van der Waals surface area (Å²) in [4.78, 5) is 0. The van der Waals surface area contributed by atoms with Gasteiger partial charge in [-0.15, -0.1) is 0 Å². The molecule has 20 atom stereocenters. The summed E-state index contributed by atoms with van der Waals surface area (Å²) in [5, 5.41) is 147. The Hall–Kier alpha value is -0.680. The molecule has 0 rings (SSSR count). The Labute approximate surface area is 289 Å². The second-order valence-corrected chi connectivity index (χ2v) is 13.3. The van der Waals surface area contributed by atoms with E-state index in [-0.39, 0.29) is 6.42 Å². The summed E-state index contributed by atoms with van der Waals surface area (Å²) in [6.07, 6.45) is -29.2. The summed E-state index contributed by atoms with van der Waals surface area (Å²) in [5.41, 5.74) is 0. The third-order valence-electron chi connectivity index (χ3n) is 9.45. The fourth-order valence-corrected chi connectivity index (χ4v) is 5.31. The van der Waals surface area contributed by atoms with Gasteiger partial charge in [-0.25, -0.2) is 0 Å². The largest absolute Gasteiger partial charge is 0.394 e. The van der Waals surface area contributed by atoms with Crippen LogP contribution in [0.5, 0.6) is 0 Å². The molecule has 0 fully saturated rings. The fraction of sp³-hybridized carbons (Fsp3) is 1.00. The van der Waals surface area contributed by atoms with Crippen LogP contribution in [0.1, 0.15) is 74.7 Å². The minimum Gasteiger partial charge on any atom is -0.394 e. The average molecular weight is 723 g/mol. The van der Waals surface area contributed by atoms with E-state index >= 15 is 0 Å². The molecule has 0 heterocycles. The Morgan fingerprint density at radius 2 is 0.857 bits per heavy atom. The molecule has 0 aliphatic rings. The van der Waals surface area contributed by atoms with E-state index in [1.807, 2.05) is 0 Å². The zero-order valence-electron chi connectivity index (χ0n) is 29.9. The van der Waals surface area contributed by atoms with E-state index in [1.54, 1.807) is 27.7 Å².